The van der Waals surface area contributed by atoms with E-state index >= 15 is 0 Å². The van der Waals surface area contributed by atoms with Crippen molar-refractivity contribution in [3.63, 3.8) is 0 Å². The van der Waals surface area contributed by atoms with E-state index in [1.165, 1.54) is 24.3 Å². The number of nitrogens with zero attached hydrogens (tertiary/aromatic N) is 1. The predicted molar refractivity (Wildman–Crippen MR) is 92.4 cm³/mol. The van der Waals surface area contributed by atoms with Crippen LogP contribution in [-0.4, -0.2) is 35.2 Å². The van der Waals surface area contributed by atoms with Crippen molar-refractivity contribution in [3.8, 4) is 0 Å². The second-order valence-electron chi connectivity index (χ2n) is 7.45. The largest absolute Gasteiger partial charge is 0.324 e. The third-order valence-electron chi connectivity index (χ3n) is 5.73. The van der Waals surface area contributed by atoms with Crippen LogP contribution in [0.15, 0.2) is 30.9 Å². The van der Waals surface area contributed by atoms with Crippen molar-refractivity contribution in [1.29, 1.82) is 0 Å². The summed E-state index contributed by atoms with van der Waals surface area (Å²) in [5.41, 5.74) is -0.573. The third kappa shape index (κ3) is 1.92. The fourth-order valence-electron chi connectivity index (χ4n) is 4.65. The van der Waals surface area contributed by atoms with Crippen LogP contribution < -0.4 is 10.6 Å². The Morgan fingerprint density at radius 1 is 1.31 bits per heavy atom. The molecule has 0 unspecified atom stereocenters. The highest BCUT2D eigenvalue weighted by atomic mass is 19.1. The zero-order chi connectivity index (χ0) is 18.8. The number of amides is 3. The molecule has 0 radical (unpaired) electrons. The van der Waals surface area contributed by atoms with E-state index in [9.17, 15) is 18.8 Å². The molecule has 3 aliphatic heterocycles. The van der Waals surface area contributed by atoms with Crippen molar-refractivity contribution in [2.24, 2.45) is 17.8 Å². The summed E-state index contributed by atoms with van der Waals surface area (Å²) in [7, 11) is 0. The number of fused-ring (bicyclic) bond motifs is 4. The minimum Gasteiger partial charge on any atom is -0.324 e. The molecule has 6 nitrogen and oxygen atoms in total. The Kier molecular flexibility index (Phi) is 3.56. The summed E-state index contributed by atoms with van der Waals surface area (Å²) in [5, 5.41) is 5.99. The smallest absolute Gasteiger partial charge is 0.250 e. The summed E-state index contributed by atoms with van der Waals surface area (Å²) in [6.45, 7) is 7.57. The average Bonchev–Trinajstić information content (AvgIpc) is 3.17. The standard InChI is InChI=1S/C19H20FN3O3/c1-4-7-23-16(24)13-14(17(23)25)19(22-15(13)9(2)3)11-8-10(20)5-6-12(11)21-18(19)26/h4-6,8-9,13-15,22H,1,7H2,2-3H3,(H,21,26)/t13-,14-,15+,19-/m1/s1. The van der Waals surface area contributed by atoms with Crippen molar-refractivity contribution >= 4 is 23.4 Å². The van der Waals surface area contributed by atoms with Gasteiger partial charge in [-0.25, -0.2) is 4.39 Å². The fourth-order valence-corrected chi connectivity index (χ4v) is 4.65. The summed E-state index contributed by atoms with van der Waals surface area (Å²) < 4.78 is 14.0. The zero-order valence-corrected chi connectivity index (χ0v) is 14.6. The molecule has 1 aromatic carbocycles. The van der Waals surface area contributed by atoms with Crippen LogP contribution in [-0.2, 0) is 19.9 Å². The van der Waals surface area contributed by atoms with Gasteiger partial charge in [-0.15, -0.1) is 6.58 Å². The highest BCUT2D eigenvalue weighted by Crippen LogP contribution is 2.53. The molecule has 0 saturated carbocycles. The molecule has 2 fully saturated rings. The molecule has 2 N–H and O–H groups in total. The highest BCUT2D eigenvalue weighted by molar-refractivity contribution is 6.15. The Hall–Kier alpha value is -2.54. The van der Waals surface area contributed by atoms with Gasteiger partial charge < -0.3 is 5.32 Å². The van der Waals surface area contributed by atoms with Gasteiger partial charge in [0.15, 0.2) is 0 Å². The molecule has 0 bridgehead atoms. The molecule has 136 valence electrons. The molecule has 3 heterocycles. The summed E-state index contributed by atoms with van der Waals surface area (Å²) in [5.74, 6) is -3.19. The van der Waals surface area contributed by atoms with E-state index in [2.05, 4.69) is 17.2 Å². The Morgan fingerprint density at radius 3 is 2.69 bits per heavy atom. The van der Waals surface area contributed by atoms with Gasteiger partial charge in [0.2, 0.25) is 17.7 Å². The van der Waals surface area contributed by atoms with Gasteiger partial charge in [-0.2, -0.15) is 0 Å². The number of halogens is 1. The number of hydrogen-bond donors (Lipinski definition) is 2. The van der Waals surface area contributed by atoms with Crippen LogP contribution in [0.4, 0.5) is 10.1 Å². The molecule has 4 atom stereocenters. The summed E-state index contributed by atoms with van der Waals surface area (Å²) >= 11 is 0. The van der Waals surface area contributed by atoms with E-state index in [0.717, 1.165) is 4.90 Å². The quantitative estimate of drug-likeness (QED) is 0.633. The highest BCUT2D eigenvalue weighted by Gasteiger charge is 2.70. The van der Waals surface area contributed by atoms with Gasteiger partial charge in [0.05, 0.1) is 11.8 Å². The summed E-state index contributed by atoms with van der Waals surface area (Å²) in [6, 6.07) is 3.65. The van der Waals surface area contributed by atoms with Crippen molar-refractivity contribution in [2.75, 3.05) is 11.9 Å². The maximum atomic E-state index is 14.0. The molecule has 26 heavy (non-hydrogen) atoms. The molecule has 1 spiro atoms. The summed E-state index contributed by atoms with van der Waals surface area (Å²) in [4.78, 5) is 40.2. The first-order chi connectivity index (χ1) is 12.3. The van der Waals surface area contributed by atoms with Gasteiger partial charge in [0.1, 0.15) is 11.4 Å². The average molecular weight is 357 g/mol. The lowest BCUT2D eigenvalue weighted by Crippen LogP contribution is -2.54. The van der Waals surface area contributed by atoms with E-state index in [1.807, 2.05) is 13.8 Å². The first kappa shape index (κ1) is 16.9. The Bertz CT molecular complexity index is 852. The SMILES string of the molecule is C=CCN1C(=O)[C@H]2[C@H](C(C)C)N[C@@]3(C(=O)Nc4ccc(F)cc43)[C@H]2C1=O. The Morgan fingerprint density at radius 2 is 2.04 bits per heavy atom. The van der Waals surface area contributed by atoms with Crippen LogP contribution in [0.25, 0.3) is 0 Å². The number of likely N-dealkylation sites (tertiary alicyclic amines) is 1. The van der Waals surface area contributed by atoms with Gasteiger partial charge >= 0.3 is 0 Å². The summed E-state index contributed by atoms with van der Waals surface area (Å²) in [6.07, 6.45) is 1.49. The van der Waals surface area contributed by atoms with Crippen molar-refractivity contribution in [1.82, 2.24) is 10.2 Å². The number of hydrogen-bond acceptors (Lipinski definition) is 4. The molecule has 3 aliphatic rings. The van der Waals surface area contributed by atoms with Crippen LogP contribution in [0, 0.1) is 23.6 Å². The molecule has 2 saturated heterocycles. The van der Waals surface area contributed by atoms with Crippen LogP contribution in [0.5, 0.6) is 0 Å². The van der Waals surface area contributed by atoms with Crippen LogP contribution in [0.3, 0.4) is 0 Å². The molecular formula is C19H20FN3O3. The first-order valence-electron chi connectivity index (χ1n) is 8.68. The fraction of sp³-hybridized carbons (Fsp3) is 0.421. The minimum atomic E-state index is -1.43. The number of anilines is 1. The minimum absolute atomic E-state index is 0.00714. The van der Waals surface area contributed by atoms with Gasteiger partial charge in [0.25, 0.3) is 0 Å². The molecule has 4 rings (SSSR count). The van der Waals surface area contributed by atoms with E-state index in [0.29, 0.717) is 11.3 Å². The van der Waals surface area contributed by atoms with Crippen LogP contribution >= 0.6 is 0 Å². The number of benzene rings is 1. The maximum absolute atomic E-state index is 14.0. The van der Waals surface area contributed by atoms with Crippen molar-refractivity contribution in [3.05, 3.63) is 42.2 Å². The lowest BCUT2D eigenvalue weighted by molar-refractivity contribution is -0.142. The van der Waals surface area contributed by atoms with E-state index < -0.39 is 35.0 Å². The van der Waals surface area contributed by atoms with Crippen molar-refractivity contribution in [2.45, 2.75) is 25.4 Å². The monoisotopic (exact) mass is 357 g/mol. The number of rotatable bonds is 3. The normalized spacial score (nSPS) is 32.4. The van der Waals surface area contributed by atoms with Gasteiger partial charge in [-0.05, 0) is 24.1 Å². The molecule has 3 amide bonds. The lowest BCUT2D eigenvalue weighted by atomic mass is 9.76. The molecular weight excluding hydrogens is 337 g/mol. The van der Waals surface area contributed by atoms with Gasteiger partial charge in [-0.3, -0.25) is 24.6 Å². The zero-order valence-electron chi connectivity index (χ0n) is 14.6. The van der Waals surface area contributed by atoms with Crippen molar-refractivity contribution < 1.29 is 18.8 Å². The predicted octanol–water partition coefficient (Wildman–Crippen LogP) is 1.39. The van der Waals surface area contributed by atoms with E-state index in [4.69, 9.17) is 0 Å². The second kappa shape index (κ2) is 5.48. The first-order valence-corrected chi connectivity index (χ1v) is 8.68. The number of carbonyl (C=O) groups is 3. The van der Waals surface area contributed by atoms with Crippen LogP contribution in [0.2, 0.25) is 0 Å². The molecule has 0 aromatic heterocycles. The van der Waals surface area contributed by atoms with E-state index in [-0.39, 0.29) is 24.4 Å². The number of carbonyl (C=O) groups excluding carboxylic acids is 3. The lowest BCUT2D eigenvalue weighted by Gasteiger charge is -2.30. The third-order valence-corrected chi connectivity index (χ3v) is 5.73. The van der Waals surface area contributed by atoms with E-state index in [1.54, 1.807) is 0 Å². The second-order valence-corrected chi connectivity index (χ2v) is 7.45. The van der Waals surface area contributed by atoms with Gasteiger partial charge in [-0.1, -0.05) is 19.9 Å². The number of nitrogens with one attached hydrogen (secondary N) is 2. The maximum Gasteiger partial charge on any atom is 0.250 e. The topological polar surface area (TPSA) is 78.5 Å². The van der Waals surface area contributed by atoms with Gasteiger partial charge in [0, 0.05) is 23.8 Å². The molecule has 1 aromatic rings. The number of imide groups is 1. The molecule has 0 aliphatic carbocycles. The Balaban J connectivity index is 1.92. The van der Waals surface area contributed by atoms with Crippen LogP contribution in [0.1, 0.15) is 19.4 Å². The molecule has 7 heteroatoms. The Labute approximate surface area is 150 Å².